The molecule has 0 aromatic heterocycles. The molecule has 0 heterocycles. The molecule has 86 valence electrons. The molecule has 3 heteroatoms. The van der Waals surface area contributed by atoms with E-state index in [1.807, 2.05) is 37.3 Å². The van der Waals surface area contributed by atoms with Gasteiger partial charge in [0, 0.05) is 0 Å². The topological polar surface area (TPSA) is 43.4 Å². The highest BCUT2D eigenvalue weighted by Crippen LogP contribution is 2.07. The zero-order chi connectivity index (χ0) is 11.8. The molecule has 0 saturated carbocycles. The van der Waals surface area contributed by atoms with Gasteiger partial charge < -0.3 is 9.53 Å². The summed E-state index contributed by atoms with van der Waals surface area (Å²) in [5.74, 6) is -0.145. The first-order valence-corrected chi connectivity index (χ1v) is 5.39. The van der Waals surface area contributed by atoms with E-state index < -0.39 is 6.10 Å². The van der Waals surface area contributed by atoms with Crippen molar-refractivity contribution in [2.24, 2.45) is 0 Å². The number of hydrogen-bond acceptors (Lipinski definition) is 3. The van der Waals surface area contributed by atoms with Crippen molar-refractivity contribution in [1.29, 1.82) is 0 Å². The molecule has 0 saturated heterocycles. The van der Waals surface area contributed by atoms with Crippen molar-refractivity contribution in [3.63, 3.8) is 0 Å². The Bertz CT molecular complexity index is 332. The Hall–Kier alpha value is -1.48. The van der Waals surface area contributed by atoms with E-state index in [2.05, 4.69) is 0 Å². The summed E-state index contributed by atoms with van der Waals surface area (Å²) < 4.78 is 5.48. The van der Waals surface area contributed by atoms with Gasteiger partial charge in [0.2, 0.25) is 0 Å². The lowest BCUT2D eigenvalue weighted by atomic mass is 10.1. The molecule has 0 spiro atoms. The Morgan fingerprint density at radius 2 is 2.06 bits per heavy atom. The average molecular weight is 220 g/mol. The van der Waals surface area contributed by atoms with Crippen LogP contribution in [0.5, 0.6) is 0 Å². The van der Waals surface area contributed by atoms with Gasteiger partial charge in [-0.1, -0.05) is 37.3 Å². The Kier molecular flexibility index (Phi) is 5.43. The number of Topliss-reactive ketones (excluding diaryl/α,β-unsaturated/α-hetero) is 1. The molecule has 1 aromatic rings. The summed E-state index contributed by atoms with van der Waals surface area (Å²) >= 11 is 0. The molecule has 1 aromatic carbocycles. The molecule has 1 rings (SSSR count). The molecule has 0 aliphatic heterocycles. The predicted molar refractivity (Wildman–Crippen MR) is 61.0 cm³/mol. The molecule has 0 amide bonds. The second-order valence-corrected chi connectivity index (χ2v) is 3.53. The van der Waals surface area contributed by atoms with Gasteiger partial charge in [0.1, 0.15) is 12.4 Å². The number of benzene rings is 1. The van der Waals surface area contributed by atoms with E-state index >= 15 is 0 Å². The monoisotopic (exact) mass is 220 g/mol. The van der Waals surface area contributed by atoms with E-state index in [9.17, 15) is 9.59 Å². The molecule has 0 fully saturated rings. The molecule has 0 N–H and O–H groups in total. The van der Waals surface area contributed by atoms with Crippen LogP contribution in [0.2, 0.25) is 0 Å². The van der Waals surface area contributed by atoms with Crippen LogP contribution in [-0.2, 0) is 20.9 Å². The molecule has 0 bridgehead atoms. The fourth-order valence-electron chi connectivity index (χ4n) is 1.42. The summed E-state index contributed by atoms with van der Waals surface area (Å²) in [5, 5.41) is 0. The highest BCUT2D eigenvalue weighted by Gasteiger charge is 2.15. The summed E-state index contributed by atoms with van der Waals surface area (Å²) in [6, 6.07) is 9.66. The average Bonchev–Trinajstić information content (AvgIpc) is 2.31. The van der Waals surface area contributed by atoms with Gasteiger partial charge >= 0.3 is 0 Å². The maximum Gasteiger partial charge on any atom is 0.168 e. The van der Waals surface area contributed by atoms with Crippen LogP contribution in [0.25, 0.3) is 0 Å². The molecule has 0 radical (unpaired) electrons. The van der Waals surface area contributed by atoms with Crippen LogP contribution in [0.3, 0.4) is 0 Å². The van der Waals surface area contributed by atoms with E-state index in [1.54, 1.807) is 0 Å². The number of aldehydes is 1. The van der Waals surface area contributed by atoms with Crippen molar-refractivity contribution >= 4 is 12.1 Å². The van der Waals surface area contributed by atoms with Gasteiger partial charge in [-0.15, -0.1) is 0 Å². The minimum atomic E-state index is -0.467. The third kappa shape index (κ3) is 3.95. The summed E-state index contributed by atoms with van der Waals surface area (Å²) in [6.07, 6.45) is 0.689. The number of ketones is 1. The van der Waals surface area contributed by atoms with E-state index in [-0.39, 0.29) is 12.2 Å². The normalized spacial score (nSPS) is 12.1. The molecular weight excluding hydrogens is 204 g/mol. The third-order valence-electron chi connectivity index (χ3n) is 2.31. The van der Waals surface area contributed by atoms with E-state index in [1.165, 1.54) is 0 Å². The minimum absolute atomic E-state index is 0.0622. The predicted octanol–water partition coefficient (Wildman–Crippen LogP) is 2.14. The lowest BCUT2D eigenvalue weighted by molar-refractivity contribution is -0.133. The van der Waals surface area contributed by atoms with Crippen molar-refractivity contribution in [1.82, 2.24) is 0 Å². The van der Waals surface area contributed by atoms with Gasteiger partial charge in [0.15, 0.2) is 5.78 Å². The lowest BCUT2D eigenvalue weighted by Crippen LogP contribution is -2.23. The highest BCUT2D eigenvalue weighted by atomic mass is 16.5. The Labute approximate surface area is 95.4 Å². The van der Waals surface area contributed by atoms with Crippen molar-refractivity contribution < 1.29 is 14.3 Å². The van der Waals surface area contributed by atoms with Crippen LogP contribution in [0, 0.1) is 0 Å². The zero-order valence-electron chi connectivity index (χ0n) is 9.39. The van der Waals surface area contributed by atoms with Gasteiger partial charge in [-0.25, -0.2) is 0 Å². The van der Waals surface area contributed by atoms with Gasteiger partial charge in [0.05, 0.1) is 13.0 Å². The third-order valence-corrected chi connectivity index (χ3v) is 2.31. The Morgan fingerprint density at radius 3 is 2.62 bits per heavy atom. The standard InChI is InChI=1S/C13H16O3/c1-2-13(12(15)8-9-14)16-10-11-6-4-3-5-7-11/h3-7,9,13H,2,8,10H2,1H3. The van der Waals surface area contributed by atoms with Gasteiger partial charge in [-0.05, 0) is 12.0 Å². The largest absolute Gasteiger partial charge is 0.366 e. The number of carbonyl (C=O) groups excluding carboxylic acids is 2. The smallest absolute Gasteiger partial charge is 0.168 e. The van der Waals surface area contributed by atoms with Gasteiger partial charge in [-0.2, -0.15) is 0 Å². The number of rotatable bonds is 7. The van der Waals surface area contributed by atoms with E-state index in [0.717, 1.165) is 5.56 Å². The first-order valence-electron chi connectivity index (χ1n) is 5.39. The fourth-order valence-corrected chi connectivity index (χ4v) is 1.42. The number of ether oxygens (including phenoxy) is 1. The molecule has 1 unspecified atom stereocenters. The van der Waals surface area contributed by atoms with Crippen LogP contribution in [0.1, 0.15) is 25.3 Å². The van der Waals surface area contributed by atoms with Crippen molar-refractivity contribution in [3.8, 4) is 0 Å². The first kappa shape index (κ1) is 12.6. The number of hydrogen-bond donors (Lipinski definition) is 0. The van der Waals surface area contributed by atoms with Gasteiger partial charge in [-0.3, -0.25) is 4.79 Å². The highest BCUT2D eigenvalue weighted by molar-refractivity contribution is 5.92. The van der Waals surface area contributed by atoms with E-state index in [4.69, 9.17) is 4.74 Å². The van der Waals surface area contributed by atoms with Gasteiger partial charge in [0.25, 0.3) is 0 Å². The quantitative estimate of drug-likeness (QED) is 0.522. The molecule has 16 heavy (non-hydrogen) atoms. The summed E-state index contributed by atoms with van der Waals surface area (Å²) in [5.41, 5.74) is 1.03. The SMILES string of the molecule is CCC(OCc1ccccc1)C(=O)CC=O. The van der Waals surface area contributed by atoms with Crippen LogP contribution < -0.4 is 0 Å². The lowest BCUT2D eigenvalue weighted by Gasteiger charge is -2.13. The Balaban J connectivity index is 2.45. The van der Waals surface area contributed by atoms with Crippen molar-refractivity contribution in [2.75, 3.05) is 0 Å². The van der Waals surface area contributed by atoms with Crippen molar-refractivity contribution in [2.45, 2.75) is 32.5 Å². The summed E-state index contributed by atoms with van der Waals surface area (Å²) in [7, 11) is 0. The second kappa shape index (κ2) is 6.90. The maximum atomic E-state index is 11.4. The van der Waals surface area contributed by atoms with E-state index in [0.29, 0.717) is 19.3 Å². The van der Waals surface area contributed by atoms with Crippen LogP contribution in [0.15, 0.2) is 30.3 Å². The van der Waals surface area contributed by atoms with Crippen LogP contribution >= 0.6 is 0 Å². The minimum Gasteiger partial charge on any atom is -0.366 e. The second-order valence-electron chi connectivity index (χ2n) is 3.53. The maximum absolute atomic E-state index is 11.4. The zero-order valence-corrected chi connectivity index (χ0v) is 9.39. The molecular formula is C13H16O3. The Morgan fingerprint density at radius 1 is 1.38 bits per heavy atom. The van der Waals surface area contributed by atoms with Crippen LogP contribution in [0.4, 0.5) is 0 Å². The van der Waals surface area contributed by atoms with Crippen molar-refractivity contribution in [3.05, 3.63) is 35.9 Å². The first-order chi connectivity index (χ1) is 7.77. The molecule has 0 aliphatic carbocycles. The molecule has 3 nitrogen and oxygen atoms in total. The molecule has 0 aliphatic rings. The molecule has 1 atom stereocenters. The fraction of sp³-hybridized carbons (Fsp3) is 0.385. The summed E-state index contributed by atoms with van der Waals surface area (Å²) in [4.78, 5) is 21.7. The number of carbonyl (C=O) groups is 2. The van der Waals surface area contributed by atoms with Crippen LogP contribution in [-0.4, -0.2) is 18.2 Å². The summed E-state index contributed by atoms with van der Waals surface area (Å²) in [6.45, 7) is 2.28.